The number of halogens is 2. The fraction of sp³-hybridized carbons (Fsp3) is 0.364. The van der Waals surface area contributed by atoms with Crippen molar-refractivity contribution in [3.05, 3.63) is 70.2 Å². The van der Waals surface area contributed by atoms with E-state index in [1.54, 1.807) is 6.08 Å². The van der Waals surface area contributed by atoms with Crippen LogP contribution in [0.4, 0.5) is 9.18 Å². The van der Waals surface area contributed by atoms with E-state index < -0.39 is 30.4 Å². The van der Waals surface area contributed by atoms with E-state index in [-0.39, 0.29) is 18.2 Å². The number of rotatable bonds is 6. The zero-order chi connectivity index (χ0) is 22.6. The highest BCUT2D eigenvalue weighted by Gasteiger charge is 2.52. The lowest BCUT2D eigenvalue weighted by molar-refractivity contribution is 0.00578. The number of ether oxygens (including phenoxy) is 1. The van der Waals surface area contributed by atoms with Crippen LogP contribution in [-0.4, -0.2) is 35.9 Å². The Bertz CT molecular complexity index is 953. The molecule has 3 rings (SSSR count). The summed E-state index contributed by atoms with van der Waals surface area (Å²) in [6.07, 6.45) is 2.26. The molecule has 0 atom stereocenters. The maximum atomic E-state index is 13.6. The molecule has 2 heterocycles. The summed E-state index contributed by atoms with van der Waals surface area (Å²) < 4.78 is 31.1. The van der Waals surface area contributed by atoms with Gasteiger partial charge in [0.05, 0.1) is 16.2 Å². The van der Waals surface area contributed by atoms with Gasteiger partial charge in [0.1, 0.15) is 6.61 Å². The number of pyridine rings is 1. The van der Waals surface area contributed by atoms with Crippen LogP contribution in [0.15, 0.2) is 48.1 Å². The highest BCUT2D eigenvalue weighted by atomic mass is 35.5. The van der Waals surface area contributed by atoms with E-state index in [1.807, 2.05) is 58.0 Å². The molecule has 1 amide bonds. The molecule has 1 aliphatic rings. The SMILES string of the molecule is CC1(C)OB(C(=Cc2cc(F)ncc2Cl)CNC(=O)OCc2ccccc2)OC1(C)C. The second-order valence-electron chi connectivity index (χ2n) is 8.25. The first-order chi connectivity index (χ1) is 14.6. The van der Waals surface area contributed by atoms with Crippen molar-refractivity contribution in [2.75, 3.05) is 6.54 Å². The predicted octanol–water partition coefficient (Wildman–Crippen LogP) is 4.82. The molecule has 2 aromatic rings. The molecule has 1 aromatic heterocycles. The van der Waals surface area contributed by atoms with Crippen LogP contribution in [-0.2, 0) is 20.7 Å². The molecule has 9 heteroatoms. The molecule has 0 radical (unpaired) electrons. The normalized spacial score (nSPS) is 17.5. The van der Waals surface area contributed by atoms with Crippen LogP contribution < -0.4 is 5.32 Å². The van der Waals surface area contributed by atoms with Gasteiger partial charge in [0.2, 0.25) is 5.95 Å². The Hall–Kier alpha value is -2.42. The zero-order valence-electron chi connectivity index (χ0n) is 17.9. The number of hydrogen-bond acceptors (Lipinski definition) is 5. The Labute approximate surface area is 186 Å². The van der Waals surface area contributed by atoms with Gasteiger partial charge in [0.25, 0.3) is 0 Å². The fourth-order valence-electron chi connectivity index (χ4n) is 2.88. The number of alkyl carbamates (subject to hydrolysis) is 1. The minimum absolute atomic E-state index is 0.0602. The number of carbonyl (C=O) groups is 1. The zero-order valence-corrected chi connectivity index (χ0v) is 18.7. The van der Waals surface area contributed by atoms with Crippen LogP contribution in [0.25, 0.3) is 6.08 Å². The fourth-order valence-corrected chi connectivity index (χ4v) is 3.04. The van der Waals surface area contributed by atoms with Crippen molar-refractivity contribution in [1.29, 1.82) is 0 Å². The van der Waals surface area contributed by atoms with Crippen molar-refractivity contribution in [1.82, 2.24) is 10.3 Å². The third kappa shape index (κ3) is 5.84. The minimum Gasteiger partial charge on any atom is -0.445 e. The Kier molecular flexibility index (Phi) is 7.04. The first-order valence-corrected chi connectivity index (χ1v) is 10.3. The molecular formula is C22H25BClFN2O4. The van der Waals surface area contributed by atoms with Gasteiger partial charge in [-0.05, 0) is 44.3 Å². The average Bonchev–Trinajstić information content (AvgIpc) is 2.94. The first-order valence-electron chi connectivity index (χ1n) is 9.89. The summed E-state index contributed by atoms with van der Waals surface area (Å²) in [7, 11) is -0.758. The predicted molar refractivity (Wildman–Crippen MR) is 118 cm³/mol. The Balaban J connectivity index is 1.75. The topological polar surface area (TPSA) is 69.7 Å². The molecule has 0 bridgehead atoms. The first kappa shape index (κ1) is 23.3. The Morgan fingerprint density at radius 1 is 1.23 bits per heavy atom. The van der Waals surface area contributed by atoms with Gasteiger partial charge >= 0.3 is 13.2 Å². The van der Waals surface area contributed by atoms with Crippen molar-refractivity contribution in [3.8, 4) is 0 Å². The van der Waals surface area contributed by atoms with E-state index in [0.29, 0.717) is 11.0 Å². The largest absolute Gasteiger partial charge is 0.492 e. The van der Waals surface area contributed by atoms with Gasteiger partial charge in [-0.15, -0.1) is 0 Å². The van der Waals surface area contributed by atoms with Crippen LogP contribution in [0, 0.1) is 5.95 Å². The molecule has 1 saturated heterocycles. The average molecular weight is 447 g/mol. The summed E-state index contributed by atoms with van der Waals surface area (Å²) in [6.45, 7) is 7.89. The Morgan fingerprint density at radius 2 is 1.87 bits per heavy atom. The summed E-state index contributed by atoms with van der Waals surface area (Å²) in [6, 6.07) is 10.6. The van der Waals surface area contributed by atoms with E-state index in [2.05, 4.69) is 10.3 Å². The van der Waals surface area contributed by atoms with Crippen LogP contribution in [0.5, 0.6) is 0 Å². The summed E-state index contributed by atoms with van der Waals surface area (Å²) in [5.74, 6) is -0.667. The maximum absolute atomic E-state index is 13.6. The van der Waals surface area contributed by atoms with Crippen LogP contribution in [0.3, 0.4) is 0 Å². The van der Waals surface area contributed by atoms with Crippen molar-refractivity contribution in [2.24, 2.45) is 0 Å². The van der Waals surface area contributed by atoms with E-state index in [1.165, 1.54) is 12.3 Å². The van der Waals surface area contributed by atoms with Gasteiger partial charge in [0, 0.05) is 18.8 Å². The third-order valence-corrected chi connectivity index (χ3v) is 5.71. The molecule has 31 heavy (non-hydrogen) atoms. The van der Waals surface area contributed by atoms with E-state index >= 15 is 0 Å². The van der Waals surface area contributed by atoms with Gasteiger partial charge in [-0.2, -0.15) is 4.39 Å². The number of aromatic nitrogens is 1. The lowest BCUT2D eigenvalue weighted by Gasteiger charge is -2.32. The standard InChI is InChI=1S/C22H25BClFN2O4/c1-21(2)22(3,4)31-23(30-21)17(10-16-11-19(25)26-13-18(16)24)12-27-20(28)29-14-15-8-6-5-7-9-15/h5-11,13H,12,14H2,1-4H3,(H,27,28). The number of carbonyl (C=O) groups excluding carboxylic acids is 1. The Morgan fingerprint density at radius 3 is 2.52 bits per heavy atom. The van der Waals surface area contributed by atoms with E-state index in [9.17, 15) is 9.18 Å². The maximum Gasteiger partial charge on any atom is 0.492 e. The highest BCUT2D eigenvalue weighted by molar-refractivity contribution is 6.56. The van der Waals surface area contributed by atoms with Gasteiger partial charge < -0.3 is 19.4 Å². The van der Waals surface area contributed by atoms with Crippen molar-refractivity contribution >= 4 is 30.9 Å². The van der Waals surface area contributed by atoms with Gasteiger partial charge in [-0.3, -0.25) is 0 Å². The number of amides is 1. The van der Waals surface area contributed by atoms with Crippen LogP contribution in [0.1, 0.15) is 38.8 Å². The molecule has 1 aromatic carbocycles. The van der Waals surface area contributed by atoms with Gasteiger partial charge in [-0.1, -0.05) is 48.0 Å². The molecular weight excluding hydrogens is 422 g/mol. The molecule has 1 N–H and O–H groups in total. The summed E-state index contributed by atoms with van der Waals surface area (Å²) in [5, 5.41) is 2.96. The highest BCUT2D eigenvalue weighted by Crippen LogP contribution is 2.39. The van der Waals surface area contributed by atoms with Crippen molar-refractivity contribution in [2.45, 2.75) is 45.5 Å². The molecule has 6 nitrogen and oxygen atoms in total. The smallest absolute Gasteiger partial charge is 0.445 e. The van der Waals surface area contributed by atoms with Gasteiger partial charge in [0.15, 0.2) is 0 Å². The molecule has 0 unspecified atom stereocenters. The molecule has 0 saturated carbocycles. The second kappa shape index (κ2) is 9.38. The molecule has 1 aliphatic heterocycles. The molecule has 0 aliphatic carbocycles. The van der Waals surface area contributed by atoms with Gasteiger partial charge in [-0.25, -0.2) is 9.78 Å². The quantitative estimate of drug-likeness (QED) is 0.509. The lowest BCUT2D eigenvalue weighted by atomic mass is 9.77. The second-order valence-corrected chi connectivity index (χ2v) is 8.66. The molecule has 1 fully saturated rings. The summed E-state index contributed by atoms with van der Waals surface area (Å²) in [4.78, 5) is 15.8. The monoisotopic (exact) mass is 446 g/mol. The van der Waals surface area contributed by atoms with Crippen LogP contribution in [0.2, 0.25) is 5.02 Å². The van der Waals surface area contributed by atoms with Crippen molar-refractivity contribution in [3.63, 3.8) is 0 Å². The van der Waals surface area contributed by atoms with Crippen LogP contribution >= 0.6 is 11.6 Å². The summed E-state index contributed by atoms with van der Waals surface area (Å²) >= 11 is 6.17. The summed E-state index contributed by atoms with van der Waals surface area (Å²) in [5.41, 5.74) is 0.662. The minimum atomic E-state index is -0.758. The van der Waals surface area contributed by atoms with Crippen molar-refractivity contribution < 1.29 is 23.2 Å². The lowest BCUT2D eigenvalue weighted by Crippen LogP contribution is -2.41. The molecule has 0 spiro atoms. The number of benzene rings is 1. The number of hydrogen-bond donors (Lipinski definition) is 1. The number of nitrogens with zero attached hydrogens (tertiary/aromatic N) is 1. The number of nitrogens with one attached hydrogen (secondary N) is 1. The third-order valence-electron chi connectivity index (χ3n) is 5.40. The van der Waals surface area contributed by atoms with E-state index in [4.69, 9.17) is 25.6 Å². The molecule has 164 valence electrons. The van der Waals surface area contributed by atoms with E-state index in [0.717, 1.165) is 5.56 Å².